The van der Waals surface area contributed by atoms with Crippen LogP contribution in [0.2, 0.25) is 0 Å². The average Bonchev–Trinajstić information content (AvgIpc) is 3.00. The van der Waals surface area contributed by atoms with Gasteiger partial charge >= 0.3 is 6.03 Å². The van der Waals surface area contributed by atoms with E-state index in [1.807, 2.05) is 24.3 Å². The van der Waals surface area contributed by atoms with Gasteiger partial charge in [-0.3, -0.25) is 20.3 Å². The van der Waals surface area contributed by atoms with Crippen LogP contribution >= 0.6 is 0 Å². The summed E-state index contributed by atoms with van der Waals surface area (Å²) >= 11 is 0. The van der Waals surface area contributed by atoms with Gasteiger partial charge < -0.3 is 14.5 Å². The van der Waals surface area contributed by atoms with Crippen molar-refractivity contribution in [2.24, 2.45) is 0 Å². The Morgan fingerprint density at radius 3 is 2.79 bits per heavy atom. The summed E-state index contributed by atoms with van der Waals surface area (Å²) in [7, 11) is 3.36. The molecule has 0 radical (unpaired) electrons. The zero-order valence-corrected chi connectivity index (χ0v) is 13.7. The molecule has 0 spiro atoms. The molecular weight excluding hydrogens is 310 g/mol. The number of amides is 3. The SMILES string of the molecule is COc1ccccc1N1CCCN2C3C(=O)NC(=O)N(C)C3NC12. The van der Waals surface area contributed by atoms with Crippen LogP contribution in [0.15, 0.2) is 24.3 Å². The number of methoxy groups -OCH3 is 1. The van der Waals surface area contributed by atoms with E-state index in [1.165, 1.54) is 0 Å². The van der Waals surface area contributed by atoms with E-state index in [9.17, 15) is 9.59 Å². The van der Waals surface area contributed by atoms with Crippen molar-refractivity contribution in [2.75, 3.05) is 32.1 Å². The fourth-order valence-corrected chi connectivity index (χ4v) is 3.88. The minimum absolute atomic E-state index is 0.149. The first-order valence-corrected chi connectivity index (χ1v) is 8.11. The molecule has 0 aromatic heterocycles. The topological polar surface area (TPSA) is 77.2 Å². The molecule has 8 nitrogen and oxygen atoms in total. The van der Waals surface area contributed by atoms with Gasteiger partial charge in [0.15, 0.2) is 0 Å². The van der Waals surface area contributed by atoms with E-state index < -0.39 is 0 Å². The maximum Gasteiger partial charge on any atom is 0.325 e. The molecule has 3 heterocycles. The van der Waals surface area contributed by atoms with Gasteiger partial charge in [0, 0.05) is 20.1 Å². The number of carbonyl (C=O) groups excluding carboxylic acids is 2. The summed E-state index contributed by atoms with van der Waals surface area (Å²) in [5.74, 6) is 0.560. The van der Waals surface area contributed by atoms with Gasteiger partial charge in [-0.25, -0.2) is 4.79 Å². The first kappa shape index (κ1) is 15.2. The van der Waals surface area contributed by atoms with Gasteiger partial charge in [-0.05, 0) is 18.6 Å². The van der Waals surface area contributed by atoms with E-state index in [0.29, 0.717) is 0 Å². The lowest BCUT2D eigenvalue weighted by Crippen LogP contribution is -2.65. The van der Waals surface area contributed by atoms with Crippen molar-refractivity contribution in [3.8, 4) is 5.75 Å². The number of hydrogen-bond acceptors (Lipinski definition) is 6. The molecule has 1 aromatic rings. The number of rotatable bonds is 2. The molecule has 3 atom stereocenters. The number of nitrogens with zero attached hydrogens (tertiary/aromatic N) is 3. The molecule has 2 N–H and O–H groups in total. The van der Waals surface area contributed by atoms with Crippen molar-refractivity contribution >= 4 is 17.6 Å². The smallest absolute Gasteiger partial charge is 0.325 e. The fraction of sp³-hybridized carbons (Fsp3) is 0.500. The highest BCUT2D eigenvalue weighted by Crippen LogP contribution is 2.35. The lowest BCUT2D eigenvalue weighted by molar-refractivity contribution is -0.128. The van der Waals surface area contributed by atoms with E-state index in [-0.39, 0.29) is 30.4 Å². The molecule has 8 heteroatoms. The molecule has 0 bridgehead atoms. The molecule has 4 rings (SSSR count). The predicted molar refractivity (Wildman–Crippen MR) is 87.5 cm³/mol. The maximum absolute atomic E-state index is 12.4. The van der Waals surface area contributed by atoms with Crippen molar-refractivity contribution in [3.63, 3.8) is 0 Å². The first-order chi connectivity index (χ1) is 11.6. The number of urea groups is 1. The second kappa shape index (κ2) is 5.64. The number of anilines is 1. The largest absolute Gasteiger partial charge is 0.495 e. The summed E-state index contributed by atoms with van der Waals surface area (Å²) in [5, 5.41) is 5.88. The third-order valence-corrected chi connectivity index (χ3v) is 5.03. The van der Waals surface area contributed by atoms with Crippen LogP contribution in [0.25, 0.3) is 0 Å². The van der Waals surface area contributed by atoms with Gasteiger partial charge in [0.25, 0.3) is 0 Å². The molecule has 1 aromatic carbocycles. The van der Waals surface area contributed by atoms with Crippen LogP contribution < -0.4 is 20.3 Å². The van der Waals surface area contributed by atoms with Crippen molar-refractivity contribution < 1.29 is 14.3 Å². The summed E-state index contributed by atoms with van der Waals surface area (Å²) in [6.07, 6.45) is 0.459. The minimum atomic E-state index is -0.379. The zero-order chi connectivity index (χ0) is 16.8. The summed E-state index contributed by atoms with van der Waals surface area (Å²) in [6.45, 7) is 1.66. The molecule has 3 aliphatic heterocycles. The molecule has 24 heavy (non-hydrogen) atoms. The first-order valence-electron chi connectivity index (χ1n) is 8.11. The standard InChI is InChI=1S/C16H21N5O3/c1-19-13-12(14(22)18-16(19)23)21-9-5-8-20(15(21)17-13)10-6-3-4-7-11(10)24-2/h3-4,6-7,12-13,15,17H,5,8-9H2,1-2H3,(H,18,22,23). The van der Waals surface area contributed by atoms with Gasteiger partial charge in [0.2, 0.25) is 5.91 Å². The third kappa shape index (κ3) is 2.14. The van der Waals surface area contributed by atoms with Gasteiger partial charge in [-0.2, -0.15) is 0 Å². The maximum atomic E-state index is 12.4. The summed E-state index contributed by atoms with van der Waals surface area (Å²) in [4.78, 5) is 30.2. The van der Waals surface area contributed by atoms with Crippen molar-refractivity contribution in [3.05, 3.63) is 24.3 Å². The average molecular weight is 331 g/mol. The van der Waals surface area contributed by atoms with Gasteiger partial charge in [-0.1, -0.05) is 12.1 Å². The van der Waals surface area contributed by atoms with Crippen LogP contribution in [0, 0.1) is 0 Å². The number of hydrogen-bond donors (Lipinski definition) is 2. The van der Waals surface area contributed by atoms with Crippen LogP contribution in [0.1, 0.15) is 6.42 Å². The molecule has 3 unspecified atom stereocenters. The Morgan fingerprint density at radius 2 is 2.00 bits per heavy atom. The number of ether oxygens (including phenoxy) is 1. The normalized spacial score (nSPS) is 30.0. The number of nitrogens with one attached hydrogen (secondary N) is 2. The van der Waals surface area contributed by atoms with Crippen LogP contribution in [-0.4, -0.2) is 67.5 Å². The molecule has 128 valence electrons. The second-order valence-corrected chi connectivity index (χ2v) is 6.29. The number of benzene rings is 1. The molecule has 3 aliphatic rings. The highest BCUT2D eigenvalue weighted by molar-refractivity contribution is 6.00. The van der Waals surface area contributed by atoms with Crippen molar-refractivity contribution in [2.45, 2.75) is 24.9 Å². The lowest BCUT2D eigenvalue weighted by Gasteiger charge is -2.42. The van der Waals surface area contributed by atoms with Crippen LogP contribution in [0.3, 0.4) is 0 Å². The Labute approximate surface area is 140 Å². The number of likely N-dealkylation sites (N-methyl/N-ethyl adjacent to an activating group) is 1. The number of imide groups is 1. The predicted octanol–water partition coefficient (Wildman–Crippen LogP) is -0.0296. The Morgan fingerprint density at radius 1 is 1.21 bits per heavy atom. The van der Waals surface area contributed by atoms with E-state index >= 15 is 0 Å². The summed E-state index contributed by atoms with van der Waals surface area (Å²) in [5.41, 5.74) is 0.982. The fourth-order valence-electron chi connectivity index (χ4n) is 3.88. The molecule has 3 saturated heterocycles. The number of fused-ring (bicyclic) bond motifs is 3. The van der Waals surface area contributed by atoms with Gasteiger partial charge in [0.1, 0.15) is 24.2 Å². The summed E-state index contributed by atoms with van der Waals surface area (Å²) < 4.78 is 5.49. The van der Waals surface area contributed by atoms with E-state index in [1.54, 1.807) is 19.1 Å². The van der Waals surface area contributed by atoms with Gasteiger partial charge in [-0.15, -0.1) is 0 Å². The van der Waals surface area contributed by atoms with Crippen molar-refractivity contribution in [1.82, 2.24) is 20.4 Å². The van der Waals surface area contributed by atoms with E-state index in [2.05, 4.69) is 20.4 Å². The summed E-state index contributed by atoms with van der Waals surface area (Å²) in [6, 6.07) is 7.11. The Bertz CT molecular complexity index is 681. The highest BCUT2D eigenvalue weighted by Gasteiger charge is 2.53. The molecular formula is C16H21N5O3. The lowest BCUT2D eigenvalue weighted by atomic mass is 10.1. The second-order valence-electron chi connectivity index (χ2n) is 6.29. The zero-order valence-electron chi connectivity index (χ0n) is 13.7. The number of para-hydroxylation sites is 2. The quantitative estimate of drug-likeness (QED) is 0.793. The Kier molecular flexibility index (Phi) is 3.58. The molecule has 0 saturated carbocycles. The monoisotopic (exact) mass is 331 g/mol. The number of carbonyl (C=O) groups is 2. The van der Waals surface area contributed by atoms with Crippen molar-refractivity contribution in [1.29, 1.82) is 0 Å². The van der Waals surface area contributed by atoms with Gasteiger partial charge in [0.05, 0.1) is 12.8 Å². The highest BCUT2D eigenvalue weighted by atomic mass is 16.5. The minimum Gasteiger partial charge on any atom is -0.495 e. The molecule has 3 amide bonds. The van der Waals surface area contributed by atoms with Crippen LogP contribution in [0.5, 0.6) is 5.75 Å². The molecule has 3 fully saturated rings. The molecule has 0 aliphatic carbocycles. The van der Waals surface area contributed by atoms with Crippen LogP contribution in [0.4, 0.5) is 10.5 Å². The van der Waals surface area contributed by atoms with E-state index in [4.69, 9.17) is 4.74 Å². The Balaban J connectivity index is 1.69. The third-order valence-electron chi connectivity index (χ3n) is 5.03. The Hall–Kier alpha value is -2.32. The van der Waals surface area contributed by atoms with E-state index in [0.717, 1.165) is 30.9 Å². The van der Waals surface area contributed by atoms with Crippen LogP contribution in [-0.2, 0) is 4.79 Å².